The van der Waals surface area contributed by atoms with Crippen LogP contribution in [0.25, 0.3) is 0 Å². The number of carbonyl (C=O) groups excluding carboxylic acids is 1. The molecule has 6 nitrogen and oxygen atoms in total. The van der Waals surface area contributed by atoms with Crippen LogP contribution in [-0.2, 0) is 10.8 Å². The summed E-state index contributed by atoms with van der Waals surface area (Å²) in [7, 11) is -0.928. The summed E-state index contributed by atoms with van der Waals surface area (Å²) < 4.78 is 23.9. The van der Waals surface area contributed by atoms with E-state index in [4.69, 9.17) is 0 Å². The molecule has 8 heteroatoms. The van der Waals surface area contributed by atoms with Gasteiger partial charge in [-0.15, -0.1) is 0 Å². The number of halogens is 1. The van der Waals surface area contributed by atoms with E-state index in [9.17, 15) is 23.5 Å². The van der Waals surface area contributed by atoms with Crippen LogP contribution in [0.2, 0.25) is 0 Å². The molecule has 0 saturated carbocycles. The second-order valence-electron chi connectivity index (χ2n) is 3.81. The fourth-order valence-corrected chi connectivity index (χ4v) is 1.92. The van der Waals surface area contributed by atoms with Gasteiger partial charge in [0.25, 0.3) is 5.91 Å². The van der Waals surface area contributed by atoms with Crippen LogP contribution >= 0.6 is 0 Å². The number of nitrogens with zero attached hydrogens (tertiary/aromatic N) is 1. The number of hydrogen-bond acceptors (Lipinski definition) is 4. The molecule has 19 heavy (non-hydrogen) atoms. The van der Waals surface area contributed by atoms with Gasteiger partial charge in [-0.05, 0) is 18.6 Å². The van der Waals surface area contributed by atoms with Gasteiger partial charge in [-0.2, -0.15) is 4.39 Å². The van der Waals surface area contributed by atoms with Crippen molar-refractivity contribution in [1.29, 1.82) is 0 Å². The predicted octanol–water partition coefficient (Wildman–Crippen LogP) is 1.23. The fraction of sp³-hybridized carbons (Fsp3) is 0.364. The summed E-state index contributed by atoms with van der Waals surface area (Å²) in [6, 6.07) is 2.95. The van der Waals surface area contributed by atoms with Crippen molar-refractivity contribution < 1.29 is 18.3 Å². The van der Waals surface area contributed by atoms with E-state index in [1.807, 2.05) is 0 Å². The second-order valence-corrected chi connectivity index (χ2v) is 5.36. The zero-order chi connectivity index (χ0) is 14.4. The van der Waals surface area contributed by atoms with Crippen LogP contribution < -0.4 is 5.32 Å². The Morgan fingerprint density at radius 1 is 1.53 bits per heavy atom. The summed E-state index contributed by atoms with van der Waals surface area (Å²) in [4.78, 5) is 21.3. The molecule has 0 bridgehead atoms. The van der Waals surface area contributed by atoms with Crippen LogP contribution in [0.3, 0.4) is 0 Å². The Balaban J connectivity index is 2.65. The molecule has 1 aromatic carbocycles. The average Bonchev–Trinajstić information content (AvgIpc) is 2.34. The molecule has 0 aliphatic heterocycles. The van der Waals surface area contributed by atoms with Crippen molar-refractivity contribution in [3.63, 3.8) is 0 Å². The average molecular weight is 288 g/mol. The van der Waals surface area contributed by atoms with Crippen LogP contribution in [0.5, 0.6) is 0 Å². The minimum absolute atomic E-state index is 0.0192. The van der Waals surface area contributed by atoms with E-state index in [1.165, 1.54) is 6.07 Å². The van der Waals surface area contributed by atoms with E-state index in [0.717, 1.165) is 12.1 Å². The topological polar surface area (TPSA) is 89.3 Å². The highest BCUT2D eigenvalue weighted by Gasteiger charge is 2.17. The summed E-state index contributed by atoms with van der Waals surface area (Å²) in [5.74, 6) is -1.04. The molecule has 0 heterocycles. The van der Waals surface area contributed by atoms with Crippen molar-refractivity contribution >= 4 is 22.4 Å². The molecule has 0 fully saturated rings. The van der Waals surface area contributed by atoms with Gasteiger partial charge < -0.3 is 5.32 Å². The number of benzene rings is 1. The number of nitro groups is 1. The molecule has 0 aliphatic carbocycles. The lowest BCUT2D eigenvalue weighted by Gasteiger charge is -2.04. The molecular weight excluding hydrogens is 275 g/mol. The largest absolute Gasteiger partial charge is 0.352 e. The Morgan fingerprint density at radius 3 is 2.79 bits per heavy atom. The molecule has 0 aromatic heterocycles. The molecule has 1 amide bonds. The highest BCUT2D eigenvalue weighted by atomic mass is 32.2. The van der Waals surface area contributed by atoms with Crippen LogP contribution in [0.4, 0.5) is 10.1 Å². The highest BCUT2D eigenvalue weighted by Crippen LogP contribution is 2.18. The molecule has 1 unspecified atom stereocenters. The van der Waals surface area contributed by atoms with Crippen molar-refractivity contribution in [1.82, 2.24) is 5.32 Å². The van der Waals surface area contributed by atoms with Crippen LogP contribution in [0.1, 0.15) is 16.8 Å². The molecular formula is C11H13FN2O4S. The third kappa shape index (κ3) is 4.74. The van der Waals surface area contributed by atoms with Gasteiger partial charge in [0.05, 0.1) is 4.92 Å². The van der Waals surface area contributed by atoms with E-state index in [0.29, 0.717) is 18.7 Å². The zero-order valence-corrected chi connectivity index (χ0v) is 11.0. The second kappa shape index (κ2) is 6.93. The Kier molecular flexibility index (Phi) is 5.56. The van der Waals surface area contributed by atoms with Gasteiger partial charge in [-0.25, -0.2) is 0 Å². The standard InChI is InChI=1S/C11H13FN2O4S/c1-19(18)6-2-5-13-11(15)8-3-4-9(12)10(7-8)14(16)17/h3-4,7H,2,5-6H2,1H3,(H,13,15). The van der Waals surface area contributed by atoms with Gasteiger partial charge >= 0.3 is 5.69 Å². The lowest BCUT2D eigenvalue weighted by molar-refractivity contribution is -0.387. The van der Waals surface area contributed by atoms with Crippen molar-refractivity contribution in [3.05, 3.63) is 39.7 Å². The maximum Gasteiger partial charge on any atom is 0.305 e. The molecule has 1 aromatic rings. The summed E-state index contributed by atoms with van der Waals surface area (Å²) in [5.41, 5.74) is -0.715. The minimum Gasteiger partial charge on any atom is -0.352 e. The smallest absolute Gasteiger partial charge is 0.305 e. The number of hydrogen-bond donors (Lipinski definition) is 1. The monoisotopic (exact) mass is 288 g/mol. The first-order chi connectivity index (χ1) is 8.91. The quantitative estimate of drug-likeness (QED) is 0.484. The number of nitrogens with one attached hydrogen (secondary N) is 1. The first-order valence-electron chi connectivity index (χ1n) is 5.44. The van der Waals surface area contributed by atoms with E-state index in [1.54, 1.807) is 6.26 Å². The Bertz CT molecular complexity index is 521. The first kappa shape index (κ1) is 15.2. The van der Waals surface area contributed by atoms with Gasteiger partial charge in [0.1, 0.15) is 0 Å². The summed E-state index contributed by atoms with van der Waals surface area (Å²) in [5, 5.41) is 13.1. The Hall–Kier alpha value is -1.83. The van der Waals surface area contributed by atoms with Crippen LogP contribution in [0.15, 0.2) is 18.2 Å². The number of carbonyl (C=O) groups is 1. The van der Waals surface area contributed by atoms with Gasteiger partial charge in [0, 0.05) is 41.0 Å². The lowest BCUT2D eigenvalue weighted by atomic mass is 10.2. The van der Waals surface area contributed by atoms with Crippen molar-refractivity contribution in [2.75, 3.05) is 18.6 Å². The third-order valence-electron chi connectivity index (χ3n) is 2.30. The van der Waals surface area contributed by atoms with Gasteiger partial charge in [0.2, 0.25) is 5.82 Å². The summed E-state index contributed by atoms with van der Waals surface area (Å²) >= 11 is 0. The highest BCUT2D eigenvalue weighted by molar-refractivity contribution is 7.84. The van der Waals surface area contributed by atoms with E-state index in [2.05, 4.69) is 5.32 Å². The number of nitro benzene ring substituents is 1. The Morgan fingerprint density at radius 2 is 2.21 bits per heavy atom. The predicted molar refractivity (Wildman–Crippen MR) is 68.9 cm³/mol. The van der Waals surface area contributed by atoms with Crippen LogP contribution in [0, 0.1) is 15.9 Å². The van der Waals surface area contributed by atoms with Crippen molar-refractivity contribution in [3.8, 4) is 0 Å². The molecule has 0 saturated heterocycles. The van der Waals surface area contributed by atoms with E-state index >= 15 is 0 Å². The van der Waals surface area contributed by atoms with Gasteiger partial charge in [-0.3, -0.25) is 19.1 Å². The molecule has 1 N–H and O–H groups in total. The lowest BCUT2D eigenvalue weighted by Crippen LogP contribution is -2.25. The molecule has 0 radical (unpaired) electrons. The molecule has 0 aliphatic rings. The van der Waals surface area contributed by atoms with E-state index in [-0.39, 0.29) is 5.56 Å². The molecule has 0 spiro atoms. The number of rotatable bonds is 6. The SMILES string of the molecule is CS(=O)CCCNC(=O)c1ccc(F)c([N+](=O)[O-])c1. The maximum absolute atomic E-state index is 13.1. The third-order valence-corrected chi connectivity index (χ3v) is 3.16. The minimum atomic E-state index is -0.983. The molecule has 1 rings (SSSR count). The summed E-state index contributed by atoms with van der Waals surface area (Å²) in [6.07, 6.45) is 2.10. The van der Waals surface area contributed by atoms with Crippen molar-refractivity contribution in [2.45, 2.75) is 6.42 Å². The maximum atomic E-state index is 13.1. The number of amides is 1. The Labute approximate surface area is 111 Å². The fourth-order valence-electron chi connectivity index (χ4n) is 1.37. The zero-order valence-electron chi connectivity index (χ0n) is 10.2. The van der Waals surface area contributed by atoms with E-state index < -0.39 is 33.1 Å². The molecule has 104 valence electrons. The van der Waals surface area contributed by atoms with Crippen LogP contribution in [-0.4, -0.2) is 33.6 Å². The normalized spacial score (nSPS) is 11.9. The summed E-state index contributed by atoms with van der Waals surface area (Å²) in [6.45, 7) is 0.309. The van der Waals surface area contributed by atoms with Gasteiger partial charge in [-0.1, -0.05) is 0 Å². The first-order valence-corrected chi connectivity index (χ1v) is 7.16. The van der Waals surface area contributed by atoms with Crippen molar-refractivity contribution in [2.24, 2.45) is 0 Å². The van der Waals surface area contributed by atoms with Gasteiger partial charge in [0.15, 0.2) is 0 Å². The molecule has 1 atom stereocenters.